The summed E-state index contributed by atoms with van der Waals surface area (Å²) in [5.74, 6) is -0.501. The highest BCUT2D eigenvalue weighted by molar-refractivity contribution is 9.10. The molecule has 2 aromatic carbocycles. The number of amides is 2. The van der Waals surface area contributed by atoms with Gasteiger partial charge < -0.3 is 10.2 Å². The quantitative estimate of drug-likeness (QED) is 0.427. The summed E-state index contributed by atoms with van der Waals surface area (Å²) in [4.78, 5) is 27.7. The van der Waals surface area contributed by atoms with Crippen molar-refractivity contribution in [2.24, 2.45) is 5.92 Å². The molecule has 186 valence electrons. The van der Waals surface area contributed by atoms with Crippen molar-refractivity contribution in [3.05, 3.63) is 62.5 Å². The fourth-order valence-electron chi connectivity index (χ4n) is 3.22. The third-order valence-electron chi connectivity index (χ3n) is 5.23. The van der Waals surface area contributed by atoms with E-state index in [9.17, 15) is 18.0 Å². The van der Waals surface area contributed by atoms with E-state index < -0.39 is 28.5 Å². The van der Waals surface area contributed by atoms with E-state index in [2.05, 4.69) is 37.2 Å². The molecule has 0 heterocycles. The van der Waals surface area contributed by atoms with Crippen LogP contribution < -0.4 is 9.62 Å². The van der Waals surface area contributed by atoms with Gasteiger partial charge in [0.1, 0.15) is 12.6 Å². The van der Waals surface area contributed by atoms with Crippen molar-refractivity contribution in [2.75, 3.05) is 23.7 Å². The highest BCUT2D eigenvalue weighted by atomic mass is 79.9. The molecule has 0 bridgehead atoms. The summed E-state index contributed by atoms with van der Waals surface area (Å²) in [6.07, 6.45) is 1.06. The largest absolute Gasteiger partial charge is 0.354 e. The van der Waals surface area contributed by atoms with Crippen LogP contribution in [-0.2, 0) is 26.2 Å². The van der Waals surface area contributed by atoms with Gasteiger partial charge in [-0.2, -0.15) is 0 Å². The Bertz CT molecular complexity index is 1120. The van der Waals surface area contributed by atoms with Gasteiger partial charge in [-0.1, -0.05) is 57.8 Å². The van der Waals surface area contributed by atoms with E-state index in [-0.39, 0.29) is 18.4 Å². The lowest BCUT2D eigenvalue weighted by Crippen LogP contribution is -2.51. The molecule has 0 saturated carbocycles. The molecule has 1 N–H and O–H groups in total. The maximum Gasteiger partial charge on any atom is 0.244 e. The maximum absolute atomic E-state index is 13.5. The molecule has 2 amide bonds. The summed E-state index contributed by atoms with van der Waals surface area (Å²) in [6.45, 7) is 7.70. The fourth-order valence-corrected chi connectivity index (χ4v) is 4.57. The first-order valence-corrected chi connectivity index (χ1v) is 14.3. The van der Waals surface area contributed by atoms with Crippen molar-refractivity contribution in [1.82, 2.24) is 10.2 Å². The first kappa shape index (κ1) is 28.3. The summed E-state index contributed by atoms with van der Waals surface area (Å²) in [5, 5.41) is 2.86. The Hall–Kier alpha value is -1.91. The third-order valence-corrected chi connectivity index (χ3v) is 7.79. The van der Waals surface area contributed by atoms with Gasteiger partial charge in [0.2, 0.25) is 21.8 Å². The highest BCUT2D eigenvalue weighted by Crippen LogP contribution is 2.25. The molecule has 0 spiro atoms. The second kappa shape index (κ2) is 12.2. The molecular formula is C24H31Br2N3O4S. The number of aryl methyl sites for hydroxylation is 1. The lowest BCUT2D eigenvalue weighted by atomic mass is 10.1. The Kier molecular flexibility index (Phi) is 10.1. The molecule has 0 aliphatic rings. The van der Waals surface area contributed by atoms with Crippen LogP contribution in [0.25, 0.3) is 0 Å². The molecule has 0 aliphatic carbocycles. The molecular weight excluding hydrogens is 586 g/mol. The monoisotopic (exact) mass is 615 g/mol. The van der Waals surface area contributed by atoms with Crippen molar-refractivity contribution in [1.29, 1.82) is 0 Å². The molecule has 0 saturated heterocycles. The first-order valence-electron chi connectivity index (χ1n) is 10.8. The van der Waals surface area contributed by atoms with Crippen LogP contribution >= 0.6 is 31.9 Å². The van der Waals surface area contributed by atoms with Crippen molar-refractivity contribution in [2.45, 2.75) is 40.3 Å². The minimum absolute atomic E-state index is 0.166. The maximum atomic E-state index is 13.5. The summed E-state index contributed by atoms with van der Waals surface area (Å²) < 4.78 is 28.0. The van der Waals surface area contributed by atoms with Crippen molar-refractivity contribution >= 4 is 59.4 Å². The number of benzene rings is 2. The predicted octanol–water partition coefficient (Wildman–Crippen LogP) is 4.48. The summed E-state index contributed by atoms with van der Waals surface area (Å²) in [6, 6.07) is 11.7. The Morgan fingerprint density at radius 2 is 1.65 bits per heavy atom. The van der Waals surface area contributed by atoms with Crippen LogP contribution in [0.15, 0.2) is 51.4 Å². The number of nitrogens with one attached hydrogen (secondary N) is 1. The van der Waals surface area contributed by atoms with Crippen LogP contribution in [0.2, 0.25) is 0 Å². The summed E-state index contributed by atoms with van der Waals surface area (Å²) >= 11 is 6.81. The van der Waals surface area contributed by atoms with E-state index in [4.69, 9.17) is 0 Å². The number of carbonyl (C=O) groups is 2. The molecule has 2 aromatic rings. The van der Waals surface area contributed by atoms with E-state index in [1.807, 2.05) is 45.0 Å². The van der Waals surface area contributed by atoms with Gasteiger partial charge in [0.25, 0.3) is 0 Å². The number of hydrogen-bond donors (Lipinski definition) is 1. The topological polar surface area (TPSA) is 86.8 Å². The van der Waals surface area contributed by atoms with Gasteiger partial charge in [0.15, 0.2) is 0 Å². The molecule has 7 nitrogen and oxygen atoms in total. The van der Waals surface area contributed by atoms with Crippen molar-refractivity contribution in [3.8, 4) is 0 Å². The van der Waals surface area contributed by atoms with Gasteiger partial charge in [0, 0.05) is 22.0 Å². The van der Waals surface area contributed by atoms with Gasteiger partial charge in [-0.15, -0.1) is 0 Å². The second-order valence-electron chi connectivity index (χ2n) is 8.67. The lowest BCUT2D eigenvalue weighted by Gasteiger charge is -2.31. The Balaban J connectivity index is 2.37. The predicted molar refractivity (Wildman–Crippen MR) is 143 cm³/mol. The van der Waals surface area contributed by atoms with Crippen LogP contribution in [0.4, 0.5) is 5.69 Å². The standard InChI is InChI=1S/C24H31Br2N3O4S/c1-16(2)13-27-24(31)18(4)28(14-19-6-8-20(25)9-7-19)23(30)15-29(34(5,32)33)21-10-11-22(26)17(3)12-21/h6-12,16,18H,13-15H2,1-5H3,(H,27,31). The molecule has 1 atom stereocenters. The van der Waals surface area contributed by atoms with E-state index in [1.54, 1.807) is 25.1 Å². The van der Waals surface area contributed by atoms with Crippen molar-refractivity contribution in [3.63, 3.8) is 0 Å². The normalized spacial score (nSPS) is 12.4. The van der Waals surface area contributed by atoms with E-state index >= 15 is 0 Å². The summed E-state index contributed by atoms with van der Waals surface area (Å²) in [5.41, 5.74) is 2.05. The van der Waals surface area contributed by atoms with Crippen LogP contribution in [0.1, 0.15) is 31.9 Å². The Morgan fingerprint density at radius 3 is 2.18 bits per heavy atom. The average Bonchev–Trinajstić information content (AvgIpc) is 2.76. The van der Waals surface area contributed by atoms with Gasteiger partial charge in [0.05, 0.1) is 11.9 Å². The number of nitrogens with zero attached hydrogens (tertiary/aromatic N) is 2. The van der Waals surface area contributed by atoms with E-state index in [0.29, 0.717) is 12.2 Å². The minimum Gasteiger partial charge on any atom is -0.354 e. The SMILES string of the molecule is Cc1cc(N(CC(=O)N(Cc2ccc(Br)cc2)C(C)C(=O)NCC(C)C)S(C)(=O)=O)ccc1Br. The number of rotatable bonds is 10. The number of halogens is 2. The number of hydrogen-bond acceptors (Lipinski definition) is 4. The molecule has 0 aliphatic heterocycles. The first-order chi connectivity index (χ1) is 15.8. The molecule has 0 fully saturated rings. The van der Waals surface area contributed by atoms with Gasteiger partial charge in [-0.25, -0.2) is 8.42 Å². The minimum atomic E-state index is -3.76. The second-order valence-corrected chi connectivity index (χ2v) is 12.3. The van der Waals surface area contributed by atoms with E-state index in [1.165, 1.54) is 4.90 Å². The van der Waals surface area contributed by atoms with Crippen LogP contribution in [0.5, 0.6) is 0 Å². The smallest absolute Gasteiger partial charge is 0.244 e. The van der Waals surface area contributed by atoms with Gasteiger partial charge in [-0.3, -0.25) is 13.9 Å². The van der Waals surface area contributed by atoms with Gasteiger partial charge in [-0.05, 0) is 61.2 Å². The Morgan fingerprint density at radius 1 is 1.03 bits per heavy atom. The molecule has 2 rings (SSSR count). The number of carbonyl (C=O) groups excluding carboxylic acids is 2. The zero-order valence-corrected chi connectivity index (χ0v) is 24.0. The lowest BCUT2D eigenvalue weighted by molar-refractivity contribution is -0.139. The Labute approximate surface area is 219 Å². The highest BCUT2D eigenvalue weighted by Gasteiger charge is 2.30. The molecule has 34 heavy (non-hydrogen) atoms. The zero-order chi connectivity index (χ0) is 25.6. The third kappa shape index (κ3) is 8.09. The van der Waals surface area contributed by atoms with Gasteiger partial charge >= 0.3 is 0 Å². The molecule has 1 unspecified atom stereocenters. The molecule has 0 aromatic heterocycles. The van der Waals surface area contributed by atoms with Crippen LogP contribution in [0, 0.1) is 12.8 Å². The number of anilines is 1. The van der Waals surface area contributed by atoms with E-state index in [0.717, 1.165) is 30.6 Å². The average molecular weight is 617 g/mol. The zero-order valence-electron chi connectivity index (χ0n) is 20.0. The van der Waals surface area contributed by atoms with Crippen LogP contribution in [-0.4, -0.2) is 50.5 Å². The van der Waals surface area contributed by atoms with Crippen molar-refractivity contribution < 1.29 is 18.0 Å². The fraction of sp³-hybridized carbons (Fsp3) is 0.417. The number of sulfonamides is 1. The molecule has 0 radical (unpaired) electrons. The molecule has 10 heteroatoms. The summed E-state index contributed by atoms with van der Waals surface area (Å²) in [7, 11) is -3.76. The van der Waals surface area contributed by atoms with Crippen LogP contribution in [0.3, 0.4) is 0 Å².